The van der Waals surface area contributed by atoms with Gasteiger partial charge in [0.05, 0.1) is 17.9 Å². The topological polar surface area (TPSA) is 56.1 Å². The molecule has 4 rings (SSSR count). The van der Waals surface area contributed by atoms with Crippen LogP contribution in [-0.4, -0.2) is 22.4 Å². The summed E-state index contributed by atoms with van der Waals surface area (Å²) in [6.45, 7) is 5.99. The molecule has 29 heavy (non-hydrogen) atoms. The lowest BCUT2D eigenvalue weighted by Crippen LogP contribution is -2.29. The molecule has 0 unspecified atom stereocenters. The molecule has 0 bridgehead atoms. The van der Waals surface area contributed by atoms with E-state index < -0.39 is 6.04 Å². The van der Waals surface area contributed by atoms with Crippen LogP contribution in [0.4, 0.5) is 5.82 Å². The van der Waals surface area contributed by atoms with Gasteiger partial charge in [-0.05, 0) is 44.0 Å². The summed E-state index contributed by atoms with van der Waals surface area (Å²) in [6.07, 6.45) is 0. The Hall–Kier alpha value is -3.05. The van der Waals surface area contributed by atoms with Crippen LogP contribution in [0.5, 0.6) is 0 Å². The molecule has 1 aliphatic heterocycles. The van der Waals surface area contributed by atoms with E-state index in [0.717, 1.165) is 33.9 Å². The molecule has 1 atom stereocenters. The smallest absolute Gasteiger partial charge is 0.338 e. The van der Waals surface area contributed by atoms with E-state index in [-0.39, 0.29) is 5.97 Å². The van der Waals surface area contributed by atoms with Crippen LogP contribution in [0.2, 0.25) is 5.02 Å². The summed E-state index contributed by atoms with van der Waals surface area (Å²) in [5.41, 5.74) is 5.20. The number of benzene rings is 2. The fourth-order valence-corrected chi connectivity index (χ4v) is 3.93. The zero-order chi connectivity index (χ0) is 20.5. The lowest BCUT2D eigenvalue weighted by Gasteiger charge is -2.29. The first-order valence-corrected chi connectivity index (χ1v) is 9.94. The van der Waals surface area contributed by atoms with Crippen molar-refractivity contribution in [1.29, 1.82) is 0 Å². The number of ether oxygens (including phenoxy) is 1. The number of anilines is 1. The van der Waals surface area contributed by atoms with Gasteiger partial charge in [-0.25, -0.2) is 9.48 Å². The van der Waals surface area contributed by atoms with Gasteiger partial charge >= 0.3 is 5.97 Å². The molecule has 6 heteroatoms. The molecule has 1 aliphatic rings. The molecule has 148 valence electrons. The molecule has 1 N–H and O–H groups in total. The number of rotatable bonds is 4. The van der Waals surface area contributed by atoms with Crippen LogP contribution in [-0.2, 0) is 9.53 Å². The van der Waals surface area contributed by atoms with Crippen LogP contribution >= 0.6 is 11.6 Å². The largest absolute Gasteiger partial charge is 0.463 e. The molecule has 0 spiro atoms. The Morgan fingerprint density at radius 3 is 2.48 bits per heavy atom. The molecule has 0 amide bonds. The van der Waals surface area contributed by atoms with Crippen LogP contribution in [0.25, 0.3) is 11.1 Å². The van der Waals surface area contributed by atoms with Crippen molar-refractivity contribution in [3.05, 3.63) is 82.1 Å². The van der Waals surface area contributed by atoms with Gasteiger partial charge in [0.1, 0.15) is 11.9 Å². The van der Waals surface area contributed by atoms with Crippen LogP contribution in [0.1, 0.15) is 31.1 Å². The Kier molecular flexibility index (Phi) is 5.16. The number of aromatic nitrogens is 2. The second kappa shape index (κ2) is 7.76. The minimum Gasteiger partial charge on any atom is -0.463 e. The number of nitrogens with one attached hydrogen (secondary N) is 1. The van der Waals surface area contributed by atoms with Gasteiger partial charge in [-0.1, -0.05) is 54.1 Å². The number of allylic oxidation sites excluding steroid dienone is 1. The van der Waals surface area contributed by atoms with E-state index in [0.29, 0.717) is 17.2 Å². The SMILES string of the molecule is CCOC(=O)C1=C(C)Nc2c(-c3ccccc3)c(C)nn2[C@H]1c1ccc(Cl)cc1. The maximum atomic E-state index is 12.8. The van der Waals surface area contributed by atoms with Crippen LogP contribution < -0.4 is 5.32 Å². The molecule has 1 aromatic heterocycles. The van der Waals surface area contributed by atoms with E-state index in [1.54, 1.807) is 6.92 Å². The summed E-state index contributed by atoms with van der Waals surface area (Å²) in [6, 6.07) is 17.2. The molecule has 2 heterocycles. The standard InChI is InChI=1S/C23H22ClN3O2/c1-4-29-23(28)20-14(2)25-22-19(16-8-6-5-7-9-16)15(3)26-27(22)21(20)17-10-12-18(24)13-11-17/h5-13,21,25H,4H2,1-3H3/t21-/m0/s1. The number of hydrogen-bond donors (Lipinski definition) is 1. The molecule has 5 nitrogen and oxygen atoms in total. The van der Waals surface area contributed by atoms with Gasteiger partial charge in [0.15, 0.2) is 0 Å². The van der Waals surface area contributed by atoms with Crippen molar-refractivity contribution in [3.63, 3.8) is 0 Å². The Bertz CT molecular complexity index is 1090. The number of halogens is 1. The number of carbonyl (C=O) groups excluding carboxylic acids is 1. The van der Waals surface area contributed by atoms with Crippen LogP contribution in [0.15, 0.2) is 65.9 Å². The average molecular weight is 408 g/mol. The van der Waals surface area contributed by atoms with Crippen LogP contribution in [0, 0.1) is 6.92 Å². The molecule has 0 aliphatic carbocycles. The van der Waals surface area contributed by atoms with Crippen molar-refractivity contribution in [1.82, 2.24) is 9.78 Å². The Morgan fingerprint density at radius 1 is 1.14 bits per heavy atom. The summed E-state index contributed by atoms with van der Waals surface area (Å²) >= 11 is 6.10. The van der Waals surface area contributed by atoms with Gasteiger partial charge in [0.2, 0.25) is 0 Å². The highest BCUT2D eigenvalue weighted by Crippen LogP contribution is 2.42. The second-order valence-corrected chi connectivity index (χ2v) is 7.39. The van der Waals surface area contributed by atoms with E-state index in [2.05, 4.69) is 17.4 Å². The highest BCUT2D eigenvalue weighted by Gasteiger charge is 2.36. The lowest BCUT2D eigenvalue weighted by atomic mass is 9.95. The van der Waals surface area contributed by atoms with Crippen LogP contribution in [0.3, 0.4) is 0 Å². The Balaban J connectivity index is 1.93. The lowest BCUT2D eigenvalue weighted by molar-refractivity contribution is -0.139. The first-order chi connectivity index (χ1) is 14.0. The van der Waals surface area contributed by atoms with E-state index in [1.807, 2.05) is 61.0 Å². The normalized spacial score (nSPS) is 15.7. The molecular formula is C23H22ClN3O2. The fraction of sp³-hybridized carbons (Fsp3) is 0.217. The zero-order valence-electron chi connectivity index (χ0n) is 16.6. The quantitative estimate of drug-likeness (QED) is 0.591. The fourth-order valence-electron chi connectivity index (χ4n) is 3.80. The number of carbonyl (C=O) groups is 1. The average Bonchev–Trinajstić information content (AvgIpc) is 3.03. The van der Waals surface area contributed by atoms with Gasteiger partial charge in [0.25, 0.3) is 0 Å². The third-order valence-electron chi connectivity index (χ3n) is 5.06. The third-order valence-corrected chi connectivity index (χ3v) is 5.31. The molecule has 0 fully saturated rings. The summed E-state index contributed by atoms with van der Waals surface area (Å²) in [4.78, 5) is 12.8. The zero-order valence-corrected chi connectivity index (χ0v) is 17.3. The monoisotopic (exact) mass is 407 g/mol. The highest BCUT2D eigenvalue weighted by molar-refractivity contribution is 6.30. The molecule has 3 aromatic rings. The van der Waals surface area contributed by atoms with E-state index in [1.165, 1.54) is 0 Å². The third kappa shape index (κ3) is 3.42. The second-order valence-electron chi connectivity index (χ2n) is 6.96. The molecular weight excluding hydrogens is 386 g/mol. The minimum absolute atomic E-state index is 0.309. The molecule has 2 aromatic carbocycles. The predicted molar refractivity (Wildman–Crippen MR) is 115 cm³/mol. The van der Waals surface area contributed by atoms with Gasteiger partial charge < -0.3 is 10.1 Å². The number of hydrogen-bond acceptors (Lipinski definition) is 4. The minimum atomic E-state index is -0.404. The van der Waals surface area contributed by atoms with Gasteiger partial charge in [-0.2, -0.15) is 5.10 Å². The van der Waals surface area contributed by atoms with Crippen molar-refractivity contribution in [3.8, 4) is 11.1 Å². The Labute approximate surface area is 175 Å². The van der Waals surface area contributed by atoms with Crippen molar-refractivity contribution in [2.24, 2.45) is 0 Å². The number of nitrogens with zero attached hydrogens (tertiary/aromatic N) is 2. The van der Waals surface area contributed by atoms with E-state index >= 15 is 0 Å². The predicted octanol–water partition coefficient (Wildman–Crippen LogP) is 5.36. The van der Waals surface area contributed by atoms with Gasteiger partial charge in [-0.15, -0.1) is 0 Å². The molecule has 0 saturated heterocycles. The first kappa shape index (κ1) is 19.3. The molecule has 0 saturated carbocycles. The summed E-state index contributed by atoms with van der Waals surface area (Å²) in [5.74, 6) is 0.511. The van der Waals surface area contributed by atoms with E-state index in [9.17, 15) is 4.79 Å². The van der Waals surface area contributed by atoms with Crippen molar-refractivity contribution >= 4 is 23.4 Å². The Morgan fingerprint density at radius 2 is 1.83 bits per heavy atom. The highest BCUT2D eigenvalue weighted by atomic mass is 35.5. The first-order valence-electron chi connectivity index (χ1n) is 9.56. The summed E-state index contributed by atoms with van der Waals surface area (Å²) in [5, 5.41) is 8.86. The number of esters is 1. The summed E-state index contributed by atoms with van der Waals surface area (Å²) < 4.78 is 7.24. The number of aryl methyl sites for hydroxylation is 1. The maximum Gasteiger partial charge on any atom is 0.338 e. The maximum absolute atomic E-state index is 12.8. The van der Waals surface area contributed by atoms with Crippen molar-refractivity contribution < 1.29 is 9.53 Å². The van der Waals surface area contributed by atoms with Crippen molar-refractivity contribution in [2.45, 2.75) is 26.8 Å². The van der Waals surface area contributed by atoms with Gasteiger partial charge in [-0.3, -0.25) is 0 Å². The van der Waals surface area contributed by atoms with Crippen molar-refractivity contribution in [2.75, 3.05) is 11.9 Å². The summed E-state index contributed by atoms with van der Waals surface area (Å²) in [7, 11) is 0. The van der Waals surface area contributed by atoms with E-state index in [4.69, 9.17) is 21.4 Å². The van der Waals surface area contributed by atoms with Gasteiger partial charge in [0, 0.05) is 16.3 Å². The molecule has 0 radical (unpaired) electrons. The number of fused-ring (bicyclic) bond motifs is 1.